The van der Waals surface area contributed by atoms with Crippen molar-refractivity contribution < 1.29 is 9.90 Å². The van der Waals surface area contributed by atoms with E-state index in [0.717, 1.165) is 31.2 Å². The Hall–Kier alpha value is -2.21. The minimum atomic E-state index is -1.26. The number of aromatic carboxylic acids is 1. The number of carbonyl (C=O) groups is 1. The highest BCUT2D eigenvalue weighted by Gasteiger charge is 2.33. The minimum Gasteiger partial charge on any atom is -0.476 e. The normalized spacial score (nSPS) is 27.0. The Kier molecular flexibility index (Phi) is 3.41. The third-order valence-corrected chi connectivity index (χ3v) is 5.05. The van der Waals surface area contributed by atoms with Gasteiger partial charge < -0.3 is 15.0 Å². The lowest BCUT2D eigenvalue weighted by molar-refractivity contribution is 0.0687. The molecule has 2 N–H and O–H groups in total. The molecule has 2 bridgehead atoms. The Balaban J connectivity index is 1.89. The van der Waals surface area contributed by atoms with Crippen LogP contribution in [-0.4, -0.2) is 32.7 Å². The third kappa shape index (κ3) is 2.43. The average molecular weight is 313 g/mol. The van der Waals surface area contributed by atoms with Crippen molar-refractivity contribution in [1.82, 2.24) is 14.9 Å². The maximum Gasteiger partial charge on any atom is 0.360 e. The van der Waals surface area contributed by atoms with E-state index in [0.29, 0.717) is 17.6 Å². The van der Waals surface area contributed by atoms with Crippen molar-refractivity contribution in [3.63, 3.8) is 0 Å². The molecule has 0 saturated carbocycles. The molecule has 2 aliphatic rings. The number of para-hydroxylation sites is 2. The van der Waals surface area contributed by atoms with Gasteiger partial charge >= 0.3 is 5.97 Å². The first-order chi connectivity index (χ1) is 11.1. The van der Waals surface area contributed by atoms with Crippen LogP contribution < -0.4 is 10.9 Å². The van der Waals surface area contributed by atoms with Gasteiger partial charge in [-0.25, -0.2) is 9.78 Å². The molecule has 23 heavy (non-hydrogen) atoms. The van der Waals surface area contributed by atoms with Crippen molar-refractivity contribution >= 4 is 17.0 Å². The van der Waals surface area contributed by atoms with Crippen LogP contribution in [0.15, 0.2) is 29.1 Å². The number of nitrogens with zero attached hydrogens (tertiary/aromatic N) is 2. The Labute approximate surface area is 133 Å². The summed E-state index contributed by atoms with van der Waals surface area (Å²) >= 11 is 0. The second-order valence-electron chi connectivity index (χ2n) is 6.55. The summed E-state index contributed by atoms with van der Waals surface area (Å²) in [5, 5.41) is 12.9. The number of hydrogen-bond donors (Lipinski definition) is 2. The van der Waals surface area contributed by atoms with E-state index in [1.54, 1.807) is 10.6 Å². The summed E-state index contributed by atoms with van der Waals surface area (Å²) in [5.74, 6) is -1.26. The van der Waals surface area contributed by atoms with Crippen molar-refractivity contribution in [2.75, 3.05) is 0 Å². The van der Waals surface area contributed by atoms with E-state index in [1.165, 1.54) is 6.42 Å². The van der Waals surface area contributed by atoms with Crippen molar-refractivity contribution in [3.05, 3.63) is 40.3 Å². The topological polar surface area (TPSA) is 84.2 Å². The molecular formula is C17H19N3O3. The van der Waals surface area contributed by atoms with Crippen LogP contribution in [-0.2, 0) is 0 Å². The van der Waals surface area contributed by atoms with Gasteiger partial charge in [0.1, 0.15) is 0 Å². The number of carboxylic acid groups (broad SMARTS) is 1. The second-order valence-corrected chi connectivity index (χ2v) is 6.55. The quantitative estimate of drug-likeness (QED) is 0.885. The van der Waals surface area contributed by atoms with E-state index in [2.05, 4.69) is 10.3 Å². The minimum absolute atomic E-state index is 0.0325. The molecule has 6 nitrogen and oxygen atoms in total. The lowest BCUT2D eigenvalue weighted by atomic mass is 9.84. The van der Waals surface area contributed by atoms with Gasteiger partial charge in [0, 0.05) is 18.1 Å². The summed E-state index contributed by atoms with van der Waals surface area (Å²) < 4.78 is 1.68. The van der Waals surface area contributed by atoms with Gasteiger partial charge in [0.15, 0.2) is 0 Å². The molecule has 2 atom stereocenters. The van der Waals surface area contributed by atoms with Crippen LogP contribution in [0.4, 0.5) is 0 Å². The van der Waals surface area contributed by atoms with Crippen molar-refractivity contribution in [2.45, 2.75) is 50.2 Å². The number of aromatic nitrogens is 2. The highest BCUT2D eigenvalue weighted by Crippen LogP contribution is 2.33. The number of piperidine rings is 2. The van der Waals surface area contributed by atoms with E-state index in [1.807, 2.05) is 18.2 Å². The molecule has 6 heteroatoms. The van der Waals surface area contributed by atoms with E-state index in [9.17, 15) is 14.7 Å². The SMILES string of the molecule is O=C(O)c1nc2ccccc2n(C2CC3CCCC(C2)N3)c1=O. The van der Waals surface area contributed by atoms with Crippen LogP contribution in [0, 0.1) is 0 Å². The molecule has 0 amide bonds. The van der Waals surface area contributed by atoms with Crippen LogP contribution >= 0.6 is 0 Å². The van der Waals surface area contributed by atoms with E-state index >= 15 is 0 Å². The number of benzene rings is 1. The number of hydrogen-bond acceptors (Lipinski definition) is 4. The Bertz CT molecular complexity index is 817. The van der Waals surface area contributed by atoms with Crippen LogP contribution in [0.25, 0.3) is 11.0 Å². The smallest absolute Gasteiger partial charge is 0.360 e. The van der Waals surface area contributed by atoms with E-state index in [4.69, 9.17) is 0 Å². The van der Waals surface area contributed by atoms with Crippen LogP contribution in [0.2, 0.25) is 0 Å². The molecule has 0 aliphatic carbocycles. The second kappa shape index (κ2) is 5.45. The van der Waals surface area contributed by atoms with Crippen molar-refractivity contribution in [2.24, 2.45) is 0 Å². The first kappa shape index (κ1) is 14.4. The van der Waals surface area contributed by atoms with Crippen molar-refractivity contribution in [3.8, 4) is 0 Å². The number of carboxylic acids is 1. The molecule has 2 aliphatic heterocycles. The van der Waals surface area contributed by atoms with Gasteiger partial charge in [-0.15, -0.1) is 0 Å². The fourth-order valence-corrected chi connectivity index (χ4v) is 4.10. The molecule has 2 fully saturated rings. The summed E-state index contributed by atoms with van der Waals surface area (Å²) in [4.78, 5) is 28.2. The first-order valence-electron chi connectivity index (χ1n) is 8.14. The van der Waals surface area contributed by atoms with E-state index in [-0.39, 0.29) is 11.7 Å². The molecule has 0 radical (unpaired) electrons. The fraction of sp³-hybridized carbons (Fsp3) is 0.471. The molecular weight excluding hydrogens is 294 g/mol. The summed E-state index contributed by atoms with van der Waals surface area (Å²) in [6.07, 6.45) is 5.20. The summed E-state index contributed by atoms with van der Waals surface area (Å²) in [6, 6.07) is 8.16. The Morgan fingerprint density at radius 1 is 1.22 bits per heavy atom. The number of rotatable bonds is 2. The first-order valence-corrected chi connectivity index (χ1v) is 8.14. The standard InChI is InChI=1S/C17H19N3O3/c21-16-15(17(22)23)19-13-6-1-2-7-14(13)20(16)12-8-10-4-3-5-11(9-12)18-10/h1-2,6-7,10-12,18H,3-5,8-9H2,(H,22,23). The highest BCUT2D eigenvalue weighted by molar-refractivity contribution is 5.88. The number of fused-ring (bicyclic) bond motifs is 3. The predicted molar refractivity (Wildman–Crippen MR) is 85.8 cm³/mol. The molecule has 2 saturated heterocycles. The molecule has 120 valence electrons. The third-order valence-electron chi connectivity index (χ3n) is 5.05. The van der Waals surface area contributed by atoms with Crippen LogP contribution in [0.1, 0.15) is 48.6 Å². The molecule has 2 unspecified atom stereocenters. The lowest BCUT2D eigenvalue weighted by Gasteiger charge is -2.41. The largest absolute Gasteiger partial charge is 0.476 e. The Morgan fingerprint density at radius 2 is 1.91 bits per heavy atom. The van der Waals surface area contributed by atoms with Gasteiger partial charge in [0.2, 0.25) is 5.69 Å². The lowest BCUT2D eigenvalue weighted by Crippen LogP contribution is -2.50. The van der Waals surface area contributed by atoms with Gasteiger partial charge in [-0.3, -0.25) is 4.79 Å². The zero-order chi connectivity index (χ0) is 16.0. The molecule has 0 spiro atoms. The highest BCUT2D eigenvalue weighted by atomic mass is 16.4. The van der Waals surface area contributed by atoms with Gasteiger partial charge in [-0.2, -0.15) is 0 Å². The summed E-state index contributed by atoms with van der Waals surface area (Å²) in [7, 11) is 0. The van der Waals surface area contributed by atoms with Crippen molar-refractivity contribution in [1.29, 1.82) is 0 Å². The van der Waals surface area contributed by atoms with E-state index < -0.39 is 11.5 Å². The van der Waals surface area contributed by atoms with Gasteiger partial charge in [0.25, 0.3) is 5.56 Å². The maximum atomic E-state index is 12.7. The Morgan fingerprint density at radius 3 is 2.61 bits per heavy atom. The molecule has 3 heterocycles. The average Bonchev–Trinajstić information content (AvgIpc) is 2.53. The summed E-state index contributed by atoms with van der Waals surface area (Å²) in [5.41, 5.74) is 0.425. The predicted octanol–water partition coefficient (Wildman–Crippen LogP) is 1.94. The zero-order valence-corrected chi connectivity index (χ0v) is 12.7. The maximum absolute atomic E-state index is 12.7. The van der Waals surface area contributed by atoms with Gasteiger partial charge in [0.05, 0.1) is 11.0 Å². The molecule has 1 aromatic carbocycles. The fourth-order valence-electron chi connectivity index (χ4n) is 4.10. The molecule has 2 aromatic rings. The number of nitrogens with one attached hydrogen (secondary N) is 1. The van der Waals surface area contributed by atoms with Gasteiger partial charge in [-0.1, -0.05) is 18.6 Å². The molecule has 1 aromatic heterocycles. The zero-order valence-electron chi connectivity index (χ0n) is 12.7. The summed E-state index contributed by atoms with van der Waals surface area (Å²) in [6.45, 7) is 0. The molecule has 4 rings (SSSR count). The van der Waals surface area contributed by atoms with Gasteiger partial charge in [-0.05, 0) is 37.8 Å². The van der Waals surface area contributed by atoms with Crippen LogP contribution in [0.5, 0.6) is 0 Å². The van der Waals surface area contributed by atoms with Crippen LogP contribution in [0.3, 0.4) is 0 Å². The monoisotopic (exact) mass is 313 g/mol.